The number of esters is 2. The zero-order chi connectivity index (χ0) is 24.5. The fourth-order valence-electron chi connectivity index (χ4n) is 6.75. The van der Waals surface area contributed by atoms with Gasteiger partial charge >= 0.3 is 11.9 Å². The van der Waals surface area contributed by atoms with Crippen molar-refractivity contribution in [1.29, 1.82) is 0 Å². The van der Waals surface area contributed by atoms with Crippen LogP contribution in [0.25, 0.3) is 0 Å². The molecule has 3 aliphatic heterocycles. The molecule has 3 fully saturated rings. The maximum atomic E-state index is 14.1. The van der Waals surface area contributed by atoms with Crippen molar-refractivity contribution in [2.45, 2.75) is 68.4 Å². The molecule has 0 saturated carbocycles. The lowest BCUT2D eigenvalue weighted by Gasteiger charge is -2.47. The second kappa shape index (κ2) is 9.72. The highest BCUT2D eigenvalue weighted by atomic mass is 16.6. The number of nitrogens with two attached hydrogens (primary N) is 1. The summed E-state index contributed by atoms with van der Waals surface area (Å²) in [5.41, 5.74) is 4.95. The number of carbonyl (C=O) groups excluding carboxylic acids is 2. The number of nitrogens with zero attached hydrogens (tertiary/aromatic N) is 1. The number of carbonyl (C=O) groups is 2. The van der Waals surface area contributed by atoms with Gasteiger partial charge in [0, 0.05) is 49.7 Å². The summed E-state index contributed by atoms with van der Waals surface area (Å²) in [6, 6.07) is 17.6. The van der Waals surface area contributed by atoms with Gasteiger partial charge in [0.05, 0.1) is 31.8 Å². The van der Waals surface area contributed by atoms with Crippen LogP contribution in [0.15, 0.2) is 60.7 Å². The number of hydrogen-bond acceptors (Lipinski definition) is 6. The molecule has 3 atom stereocenters. The molecule has 0 amide bonds. The van der Waals surface area contributed by atoms with Crippen molar-refractivity contribution in [2.75, 3.05) is 19.7 Å². The van der Waals surface area contributed by atoms with Crippen LogP contribution in [-0.2, 0) is 24.7 Å². The number of piperidine rings is 1. The smallest absolute Gasteiger partial charge is 0.360 e. The first-order valence-electron chi connectivity index (χ1n) is 12.8. The van der Waals surface area contributed by atoms with Gasteiger partial charge in [0.1, 0.15) is 12.1 Å². The fourth-order valence-corrected chi connectivity index (χ4v) is 6.75. The number of aliphatic hydroxyl groups is 1. The van der Waals surface area contributed by atoms with E-state index >= 15 is 0 Å². The molecule has 2 bridgehead atoms. The Morgan fingerprint density at radius 1 is 0.943 bits per heavy atom. The van der Waals surface area contributed by atoms with Gasteiger partial charge in [-0.15, -0.1) is 0 Å². The van der Waals surface area contributed by atoms with Crippen LogP contribution in [0.4, 0.5) is 0 Å². The van der Waals surface area contributed by atoms with Gasteiger partial charge in [0.2, 0.25) is 0 Å². The topological polar surface area (TPSA) is 98.9 Å². The molecule has 35 heavy (non-hydrogen) atoms. The Morgan fingerprint density at radius 3 is 1.94 bits per heavy atom. The van der Waals surface area contributed by atoms with E-state index in [4.69, 9.17) is 15.2 Å². The predicted molar refractivity (Wildman–Crippen MR) is 130 cm³/mol. The van der Waals surface area contributed by atoms with E-state index in [1.54, 1.807) is 48.5 Å². The van der Waals surface area contributed by atoms with Crippen molar-refractivity contribution in [3.63, 3.8) is 0 Å². The average molecular weight is 480 g/mol. The first-order chi connectivity index (χ1) is 17.0. The molecule has 2 unspecified atom stereocenters. The number of aliphatic hydroxyl groups excluding tert-OH is 1. The Balaban J connectivity index is 1.49. The largest absolute Gasteiger partial charge is 0.458 e. The van der Waals surface area contributed by atoms with Gasteiger partial charge in [0.25, 0.3) is 5.60 Å². The number of ether oxygens (including phenoxy) is 2. The highest BCUT2D eigenvalue weighted by molar-refractivity contribution is 5.90. The van der Waals surface area contributed by atoms with E-state index < -0.39 is 30.2 Å². The Bertz CT molecular complexity index is 982. The molecule has 0 aliphatic carbocycles. The summed E-state index contributed by atoms with van der Waals surface area (Å²) in [7, 11) is 0. The van der Waals surface area contributed by atoms with Crippen LogP contribution in [0.3, 0.4) is 0 Å². The van der Waals surface area contributed by atoms with E-state index in [2.05, 4.69) is 0 Å². The van der Waals surface area contributed by atoms with Crippen molar-refractivity contribution in [1.82, 2.24) is 0 Å². The Hall–Kier alpha value is -2.74. The van der Waals surface area contributed by atoms with Gasteiger partial charge in [-0.2, -0.15) is 0 Å². The molecule has 0 aromatic heterocycles. The SMILES string of the molecule is N[C@@H](CO)C(=O)OC(C(=O)OC1CC2CCC(C1)[N+]21CCCC1)(c1ccccc1)c1ccccc1. The Morgan fingerprint density at radius 2 is 1.46 bits per heavy atom. The first kappa shape index (κ1) is 24.0. The molecule has 2 aromatic rings. The second-order valence-electron chi connectivity index (χ2n) is 10.3. The Kier molecular flexibility index (Phi) is 6.66. The van der Waals surface area contributed by atoms with Crippen LogP contribution in [0.1, 0.15) is 49.7 Å². The summed E-state index contributed by atoms with van der Waals surface area (Å²) in [5.74, 6) is -1.48. The number of hydrogen-bond donors (Lipinski definition) is 2. The van der Waals surface area contributed by atoms with Gasteiger partial charge in [-0.25, -0.2) is 4.79 Å². The fraction of sp³-hybridized carbons (Fsp3) is 0.500. The van der Waals surface area contributed by atoms with Gasteiger partial charge in [-0.3, -0.25) is 4.79 Å². The maximum Gasteiger partial charge on any atom is 0.360 e. The van der Waals surface area contributed by atoms with Crippen molar-refractivity contribution in [3.8, 4) is 0 Å². The molecular weight excluding hydrogens is 444 g/mol. The lowest BCUT2D eigenvalue weighted by Crippen LogP contribution is -2.60. The average Bonchev–Trinajstić information content (AvgIpc) is 3.44. The summed E-state index contributed by atoms with van der Waals surface area (Å²) in [6.07, 6.45) is 6.38. The number of benzene rings is 2. The quantitative estimate of drug-likeness (QED) is 0.468. The van der Waals surface area contributed by atoms with Crippen LogP contribution >= 0.6 is 0 Å². The Labute approximate surface area is 206 Å². The van der Waals surface area contributed by atoms with Crippen LogP contribution in [0.5, 0.6) is 0 Å². The normalized spacial score (nSPS) is 25.8. The molecule has 3 N–H and O–H groups in total. The number of rotatable bonds is 7. The van der Waals surface area contributed by atoms with Crippen molar-refractivity contribution in [3.05, 3.63) is 71.8 Å². The van der Waals surface area contributed by atoms with E-state index in [9.17, 15) is 14.7 Å². The molecule has 3 aliphatic rings. The highest BCUT2D eigenvalue weighted by Crippen LogP contribution is 2.47. The van der Waals surface area contributed by atoms with Gasteiger partial charge in [-0.05, 0) is 0 Å². The van der Waals surface area contributed by atoms with E-state index in [1.807, 2.05) is 12.1 Å². The maximum absolute atomic E-state index is 14.1. The molecule has 3 saturated heterocycles. The van der Waals surface area contributed by atoms with Gasteiger partial charge < -0.3 is 24.8 Å². The molecule has 1 spiro atoms. The minimum Gasteiger partial charge on any atom is -0.458 e. The highest BCUT2D eigenvalue weighted by Gasteiger charge is 2.57. The van der Waals surface area contributed by atoms with E-state index in [0.717, 1.165) is 12.8 Å². The summed E-state index contributed by atoms with van der Waals surface area (Å²) >= 11 is 0. The molecule has 3 heterocycles. The van der Waals surface area contributed by atoms with E-state index in [-0.39, 0.29) is 6.10 Å². The molecule has 0 radical (unpaired) electrons. The van der Waals surface area contributed by atoms with Crippen molar-refractivity contribution in [2.24, 2.45) is 5.73 Å². The molecule has 5 rings (SSSR count). The summed E-state index contributed by atoms with van der Waals surface area (Å²) in [4.78, 5) is 27.0. The van der Waals surface area contributed by atoms with Crippen LogP contribution in [-0.4, -0.2) is 65.5 Å². The van der Waals surface area contributed by atoms with E-state index in [0.29, 0.717) is 23.2 Å². The van der Waals surface area contributed by atoms with Crippen LogP contribution in [0, 0.1) is 0 Å². The lowest BCUT2D eigenvalue weighted by atomic mass is 9.85. The van der Waals surface area contributed by atoms with Crippen molar-refractivity contribution < 1.29 is 28.7 Å². The summed E-state index contributed by atoms with van der Waals surface area (Å²) in [6.45, 7) is 1.90. The third-order valence-electron chi connectivity index (χ3n) is 8.43. The van der Waals surface area contributed by atoms with Crippen LogP contribution in [0.2, 0.25) is 0 Å². The molecular formula is C28H35N2O5+. The minimum atomic E-state index is -1.82. The molecule has 186 valence electrons. The third kappa shape index (κ3) is 4.15. The molecule has 2 aromatic carbocycles. The van der Waals surface area contributed by atoms with Crippen LogP contribution < -0.4 is 5.73 Å². The molecule has 7 nitrogen and oxygen atoms in total. The zero-order valence-corrected chi connectivity index (χ0v) is 20.1. The van der Waals surface area contributed by atoms with Crippen molar-refractivity contribution >= 4 is 11.9 Å². The van der Waals surface area contributed by atoms with E-state index in [1.165, 1.54) is 43.3 Å². The molecule has 7 heteroatoms. The van der Waals surface area contributed by atoms with Gasteiger partial charge in [0.15, 0.2) is 0 Å². The number of quaternary nitrogens is 1. The standard InChI is InChI=1S/C28H35N2O5/c29-25(19-31)26(32)35-28(20-9-3-1-4-10-20,21-11-5-2-6-12-21)27(33)34-24-17-22-13-14-23(18-24)30(22)15-7-8-16-30/h1-6,9-12,22-25,31H,7-8,13-19,29H2/q+1/t22?,23?,24?,25-/m0/s1. The predicted octanol–water partition coefficient (Wildman–Crippen LogP) is 2.64. The first-order valence-corrected chi connectivity index (χ1v) is 12.8. The second-order valence-corrected chi connectivity index (χ2v) is 10.3. The minimum absolute atomic E-state index is 0.221. The monoisotopic (exact) mass is 479 g/mol. The summed E-state index contributed by atoms with van der Waals surface area (Å²) < 4.78 is 13.4. The third-order valence-corrected chi connectivity index (χ3v) is 8.43. The summed E-state index contributed by atoms with van der Waals surface area (Å²) in [5, 5.41) is 9.47. The van der Waals surface area contributed by atoms with Gasteiger partial charge in [-0.1, -0.05) is 60.7 Å². The lowest BCUT2D eigenvalue weighted by molar-refractivity contribution is -0.956. The zero-order valence-electron chi connectivity index (χ0n) is 20.1.